The first-order valence-electron chi connectivity index (χ1n) is 44.3. The van der Waals surface area contributed by atoms with E-state index in [-0.39, 0.29) is 178 Å². The van der Waals surface area contributed by atoms with Crippen molar-refractivity contribution in [1.82, 2.24) is 55.7 Å². The van der Waals surface area contributed by atoms with E-state index in [1.165, 1.54) is 37.7 Å². The number of likely N-dealkylation sites (N-methyl/N-ethyl adjacent to an activating group) is 3. The molecule has 7 N–H and O–H groups in total. The number of thiazole rings is 1. The minimum Gasteiger partial charge on any atom is -0.431 e. The van der Waals surface area contributed by atoms with Crippen LogP contribution in [0.25, 0.3) is 0 Å². The number of likely N-dealkylation sites (tertiary alicyclic amines) is 2. The number of piperazine rings is 1. The summed E-state index contributed by atoms with van der Waals surface area (Å²) in [5.74, 6) is -6.03. The number of ketones is 3. The molecule has 0 bridgehead atoms. The van der Waals surface area contributed by atoms with Crippen LogP contribution in [-0.4, -0.2) is 294 Å². The summed E-state index contributed by atoms with van der Waals surface area (Å²) in [6.07, 6.45) is 3.16. The van der Waals surface area contributed by atoms with Gasteiger partial charge in [0.1, 0.15) is 5.78 Å². The molecule has 3 fully saturated rings. The van der Waals surface area contributed by atoms with Crippen molar-refractivity contribution in [1.29, 1.82) is 0 Å². The molecule has 1 aromatic heterocycles. The van der Waals surface area contributed by atoms with Gasteiger partial charge in [-0.15, -0.1) is 11.3 Å². The Bertz CT molecular complexity index is 3750. The maximum atomic E-state index is 14.9. The van der Waals surface area contributed by atoms with E-state index in [0.717, 1.165) is 27.5 Å². The van der Waals surface area contributed by atoms with Crippen molar-refractivity contribution in [3.63, 3.8) is 0 Å². The van der Waals surface area contributed by atoms with Gasteiger partial charge in [0.15, 0.2) is 11.6 Å². The van der Waals surface area contributed by atoms with E-state index in [9.17, 15) is 67.4 Å². The summed E-state index contributed by atoms with van der Waals surface area (Å²) in [5.41, 5.74) is 7.70. The number of ether oxygens (including phenoxy) is 6. The smallest absolute Gasteiger partial charge is 0.411 e. The predicted octanol–water partition coefficient (Wildman–Crippen LogP) is 7.74. The largest absolute Gasteiger partial charge is 0.431 e. The Morgan fingerprint density at radius 1 is 0.715 bits per heavy atom. The second-order valence-corrected chi connectivity index (χ2v) is 34.2. The number of aromatic nitrogens is 1. The highest BCUT2D eigenvalue weighted by atomic mass is 32.1. The van der Waals surface area contributed by atoms with Crippen LogP contribution in [0.3, 0.4) is 0 Å². The molecule has 0 radical (unpaired) electrons. The zero-order chi connectivity index (χ0) is 92.1. The third kappa shape index (κ3) is 35.3. The molecule has 3 aliphatic rings. The Morgan fingerprint density at radius 2 is 1.33 bits per heavy atom. The summed E-state index contributed by atoms with van der Waals surface area (Å²) in [5, 5.41) is 24.2. The zero-order valence-electron chi connectivity index (χ0n) is 76.8. The van der Waals surface area contributed by atoms with Crippen LogP contribution in [0.15, 0.2) is 66.2 Å². The van der Waals surface area contributed by atoms with Crippen LogP contribution in [0.4, 0.5) is 9.59 Å². The lowest BCUT2D eigenvalue weighted by Gasteiger charge is -2.41. The molecule has 0 spiro atoms. The first-order chi connectivity index (χ1) is 59.2. The number of hydrogen-bond donors (Lipinski definition) is 6. The van der Waals surface area contributed by atoms with Crippen LogP contribution in [0.5, 0.6) is 0 Å². The highest BCUT2D eigenvalue weighted by Crippen LogP contribution is 2.36. The van der Waals surface area contributed by atoms with Crippen molar-refractivity contribution in [2.75, 3.05) is 147 Å². The number of hydrogen-bond acceptors (Lipinski definition) is 23. The van der Waals surface area contributed by atoms with Crippen molar-refractivity contribution in [3.8, 4) is 0 Å². The lowest BCUT2D eigenvalue weighted by molar-refractivity contribution is -0.148. The molecule has 4 heterocycles. The van der Waals surface area contributed by atoms with Gasteiger partial charge in [-0.1, -0.05) is 136 Å². The number of urea groups is 1. The summed E-state index contributed by atoms with van der Waals surface area (Å²) < 4.78 is 39.6. The minimum atomic E-state index is -1.21. The molecule has 11 amide bonds. The van der Waals surface area contributed by atoms with Gasteiger partial charge in [0.05, 0.1) is 88.5 Å². The highest BCUT2D eigenvalue weighted by molar-refractivity contribution is 7.09. The van der Waals surface area contributed by atoms with Gasteiger partial charge < -0.3 is 85.0 Å². The Balaban J connectivity index is 0.000000559. The molecule has 3 aromatic rings. The Kier molecular flexibility index (Phi) is 48.0. The molecular formula is C90H144N12O20S. The monoisotopic (exact) mass is 1750 g/mol. The molecule has 123 heavy (non-hydrogen) atoms. The number of amides is 11. The second kappa shape index (κ2) is 56.3. The molecule has 0 aliphatic carbocycles. The molecule has 2 aromatic carbocycles. The Labute approximate surface area is 734 Å². The molecule has 32 nitrogen and oxygen atoms in total. The van der Waals surface area contributed by atoms with E-state index in [1.807, 2.05) is 117 Å². The number of imide groups is 1. The maximum absolute atomic E-state index is 14.9. The van der Waals surface area contributed by atoms with Crippen LogP contribution in [0.2, 0.25) is 0 Å². The van der Waals surface area contributed by atoms with Gasteiger partial charge in [-0.25, -0.2) is 14.6 Å². The number of aliphatic hydroxyl groups is 1. The highest BCUT2D eigenvalue weighted by Gasteiger charge is 2.45. The van der Waals surface area contributed by atoms with E-state index in [1.54, 1.807) is 42.3 Å². The SMILES string of the molecule is CC[C@H](C)[C@@H]([C@@H](CC(=O)N1CCC[C@H]1[C@H](CO)[C@@H](C)C(=O)C[C@@H](Cc1ccccc1)c1nccs1)OC)N(C)C(=O)[C@@H](CC(=O)[C@H](C(C)C)N(C)C(=O)OC(C(=O)N1CCN(C)CC1)c1ccc(C)cc1)C(C)C.CNC(=O)[C@H](CCCNC(N)=O)CC(=O)[C@@H](NC(=O)CCOCCOCCOCCOCCNC(=O)CCN1C(=O)CCC1=O)C(C)C.[3H]C. The molecule has 33 heteroatoms. The van der Waals surface area contributed by atoms with Gasteiger partial charge in [0, 0.05) is 186 Å². The number of benzene rings is 2. The third-order valence-electron chi connectivity index (χ3n) is 23.3. The topological polar surface area (TPSA) is 404 Å². The molecule has 6 rings (SSSR count). The standard InChI is InChI=1S/C58H86N6O9S.C31H54N6O11.CH4/c1-13-40(7)53(50(72-12)35-51(68)64-26-17-20-47(64)46(36-65)41(8)48(66)33-44(55-59-25-31-74-55)32-42-18-15-14-16-19-42)61(10)56(69)45(37(2)3)34-49(67)52(38(4)5)62(11)58(71)73-54(43-23-21-39(6)22-24-43)57(70)63-29-27-60(9)28-30-63;1-22(2)29(24(38)21-23(30(43)33-3)5-4-10-35-31(32)44)36-26(40)9-13-45-15-17-47-19-20-48-18-16-46-14-11-34-25(39)8-12-37-27(41)6-7-28(37)42;/h14-16,18-19,21-25,31,37-38,40-41,44-47,50,52-54,65H,13,17,20,26-30,32-36H2,1-12H3;22-23,29H,4-21H2,1-3H3,(H,33,43)(H,34,39)(H,36,40)(H3,32,35,44);1H4/t40-,41+,44+,45-,46+,47-,50+,52-,53-,54?;23-,29+;/m01./s1/i;;1T. The van der Waals surface area contributed by atoms with Crippen LogP contribution in [-0.2, 0) is 87.6 Å². The summed E-state index contributed by atoms with van der Waals surface area (Å²) >= 11 is 1.53. The molecule has 12 atom stereocenters. The van der Waals surface area contributed by atoms with Crippen LogP contribution >= 0.6 is 11.3 Å². The number of primary amides is 1. The number of aryl methyl sites for hydroxylation is 1. The fraction of sp³-hybridized carbons (Fsp3) is 0.689. The zero-order valence-corrected chi connectivity index (χ0v) is 76.6. The molecule has 0 saturated carbocycles. The molecule has 1 unspecified atom stereocenters. The lowest BCUT2D eigenvalue weighted by Crippen LogP contribution is -2.54. The number of carbonyl (C=O) groups excluding carboxylic acids is 13. The van der Waals surface area contributed by atoms with Gasteiger partial charge in [-0.3, -0.25) is 57.6 Å². The van der Waals surface area contributed by atoms with Crippen LogP contribution < -0.4 is 27.0 Å². The summed E-state index contributed by atoms with van der Waals surface area (Å²) in [7, 11) is 9.51. The van der Waals surface area contributed by atoms with E-state index >= 15 is 0 Å². The number of nitrogens with two attached hydrogens (primary N) is 1. The van der Waals surface area contributed by atoms with Crippen LogP contribution in [0, 0.1) is 54.3 Å². The number of carbonyl (C=O) groups is 13. The number of nitrogens with one attached hydrogen (secondary N) is 4. The predicted molar refractivity (Wildman–Crippen MR) is 468 cm³/mol. The average molecular weight is 1750 g/mol. The first kappa shape index (κ1) is 105. The van der Waals surface area contributed by atoms with E-state index in [2.05, 4.69) is 43.3 Å². The third-order valence-corrected chi connectivity index (χ3v) is 24.2. The van der Waals surface area contributed by atoms with Crippen molar-refractivity contribution < 1.29 is 97.2 Å². The van der Waals surface area contributed by atoms with Gasteiger partial charge in [-0.2, -0.15) is 0 Å². The van der Waals surface area contributed by atoms with Gasteiger partial charge in [0.25, 0.3) is 5.91 Å². The first-order valence-corrected chi connectivity index (χ1v) is 44.2. The quantitative estimate of drug-likeness (QED) is 0.0232. The van der Waals surface area contributed by atoms with Crippen molar-refractivity contribution >= 4 is 88.1 Å². The van der Waals surface area contributed by atoms with Gasteiger partial charge >= 0.3 is 12.1 Å². The Hall–Kier alpha value is -8.70. The number of aliphatic hydroxyl groups excluding tert-OH is 1. The minimum absolute atomic E-state index is 0.0238. The van der Waals surface area contributed by atoms with E-state index in [4.69, 9.17) is 35.5 Å². The molecular weight excluding hydrogens is 1600 g/mol. The van der Waals surface area contributed by atoms with Crippen LogP contribution in [0.1, 0.15) is 188 Å². The van der Waals surface area contributed by atoms with Crippen molar-refractivity contribution in [2.45, 2.75) is 209 Å². The average Bonchev–Trinajstić information content (AvgIpc) is 1.09. The normalized spacial score (nSPS) is 17.0. The summed E-state index contributed by atoms with van der Waals surface area (Å²) in [6.45, 7) is 24.7. The van der Waals surface area contributed by atoms with Gasteiger partial charge in [-0.05, 0) is 75.3 Å². The maximum Gasteiger partial charge on any atom is 0.411 e. The summed E-state index contributed by atoms with van der Waals surface area (Å²) in [4.78, 5) is 184. The number of nitrogens with zero attached hydrogens (tertiary/aromatic N) is 7. The fourth-order valence-electron chi connectivity index (χ4n) is 15.9. The summed E-state index contributed by atoms with van der Waals surface area (Å²) in [6, 6.07) is 14.1. The number of methoxy groups -OCH3 is 1. The number of rotatable bonds is 54. The Morgan fingerprint density at radius 3 is 1.89 bits per heavy atom. The molecule has 3 saturated heterocycles. The second-order valence-electron chi connectivity index (χ2n) is 33.2. The van der Waals surface area contributed by atoms with E-state index < -0.39 is 66.1 Å². The van der Waals surface area contributed by atoms with E-state index in [0.29, 0.717) is 123 Å². The molecule has 690 valence electrons. The lowest BCUT2D eigenvalue weighted by atomic mass is 9.80. The molecule has 3 aliphatic heterocycles. The van der Waals surface area contributed by atoms with Crippen molar-refractivity contribution in [2.24, 2.45) is 53.1 Å². The fourth-order valence-corrected chi connectivity index (χ4v) is 16.6. The van der Waals surface area contributed by atoms with Crippen molar-refractivity contribution in [3.05, 3.63) is 87.9 Å². The van der Waals surface area contributed by atoms with Gasteiger partial charge in [0.2, 0.25) is 47.5 Å². The number of Topliss-reactive ketones (excluding diaryl/α,β-unsaturated/α-hetero) is 3.